The Bertz CT molecular complexity index is 1050. The first kappa shape index (κ1) is 24.2. The first-order valence-corrected chi connectivity index (χ1v) is 10.5. The van der Waals surface area contributed by atoms with E-state index in [1.807, 2.05) is 0 Å². The third-order valence-electron chi connectivity index (χ3n) is 4.91. The van der Waals surface area contributed by atoms with E-state index in [-0.39, 0.29) is 42.6 Å². The van der Waals surface area contributed by atoms with Crippen LogP contribution in [0.5, 0.6) is 23.0 Å². The van der Waals surface area contributed by atoms with Gasteiger partial charge in [0.25, 0.3) is 0 Å². The second-order valence-electron chi connectivity index (χ2n) is 7.50. The Labute approximate surface area is 195 Å². The fourth-order valence-corrected chi connectivity index (χ4v) is 3.07. The van der Waals surface area contributed by atoms with Crippen molar-refractivity contribution in [3.05, 3.63) is 77.4 Å². The van der Waals surface area contributed by atoms with Gasteiger partial charge in [-0.25, -0.2) is 4.79 Å². The minimum absolute atomic E-state index is 0.0605. The average Bonchev–Trinajstić information content (AvgIpc) is 2.80. The number of esters is 1. The van der Waals surface area contributed by atoms with E-state index >= 15 is 0 Å². The van der Waals surface area contributed by atoms with Crippen molar-refractivity contribution >= 4 is 17.7 Å². The van der Waals surface area contributed by atoms with Crippen LogP contribution in [-0.2, 0) is 33.5 Å². The highest BCUT2D eigenvalue weighted by Crippen LogP contribution is 2.26. The number of benzene rings is 3. The van der Waals surface area contributed by atoms with Crippen molar-refractivity contribution in [3.63, 3.8) is 0 Å². The van der Waals surface area contributed by atoms with Crippen molar-refractivity contribution in [2.75, 3.05) is 18.5 Å². The van der Waals surface area contributed by atoms with Crippen LogP contribution >= 0.6 is 0 Å². The normalized spacial score (nSPS) is 10.5. The number of anilines is 1. The topological polar surface area (TPSA) is 146 Å². The molecule has 0 heterocycles. The van der Waals surface area contributed by atoms with Crippen molar-refractivity contribution in [3.8, 4) is 23.0 Å². The lowest BCUT2D eigenvalue weighted by Crippen LogP contribution is -2.15. The van der Waals surface area contributed by atoms with Gasteiger partial charge in [0.1, 0.15) is 0 Å². The number of carbonyl (C=O) groups is 2. The first-order valence-electron chi connectivity index (χ1n) is 10.5. The van der Waals surface area contributed by atoms with Crippen LogP contribution in [0.4, 0.5) is 10.5 Å². The summed E-state index contributed by atoms with van der Waals surface area (Å²) in [6, 6.07) is 15.5. The quantitative estimate of drug-likeness (QED) is 0.237. The molecule has 3 rings (SSSR count). The third kappa shape index (κ3) is 7.33. The van der Waals surface area contributed by atoms with Crippen molar-refractivity contribution in [2.45, 2.75) is 19.3 Å². The van der Waals surface area contributed by atoms with Crippen LogP contribution in [-0.4, -0.2) is 45.7 Å². The maximum atomic E-state index is 12.0. The Kier molecular flexibility index (Phi) is 8.17. The van der Waals surface area contributed by atoms with Crippen LogP contribution in [0.3, 0.4) is 0 Å². The summed E-state index contributed by atoms with van der Waals surface area (Å²) in [5.41, 5.74) is 2.64. The van der Waals surface area contributed by atoms with Gasteiger partial charge in [0, 0.05) is 18.5 Å². The van der Waals surface area contributed by atoms with Crippen LogP contribution in [0, 0.1) is 0 Å². The second-order valence-corrected chi connectivity index (χ2v) is 7.50. The molecule has 9 nitrogen and oxygen atoms in total. The largest absolute Gasteiger partial charge is 0.504 e. The number of rotatable bonds is 9. The molecule has 0 radical (unpaired) electrons. The lowest BCUT2D eigenvalue weighted by atomic mass is 10.1. The number of phenolic OH excluding ortho intramolecular Hbond substituents is 4. The summed E-state index contributed by atoms with van der Waals surface area (Å²) in [6.07, 6.45) is 0.190. The zero-order chi connectivity index (χ0) is 24.5. The first-order chi connectivity index (χ1) is 16.3. The number of ether oxygens (including phenoxy) is 2. The zero-order valence-electron chi connectivity index (χ0n) is 18.2. The standard InChI is InChI=1S/C25H25NO8/c27-20-7-3-17(13-22(20)29)9-11-33-24(31)15-16-1-5-19(6-2-16)26-25(32)34-12-10-18-4-8-21(28)23(30)14-18/h1-8,13-14,27-30H,9-12,15H2,(H,26,32). The van der Waals surface area contributed by atoms with Crippen molar-refractivity contribution < 1.29 is 39.5 Å². The highest BCUT2D eigenvalue weighted by Gasteiger charge is 2.08. The van der Waals surface area contributed by atoms with Gasteiger partial charge in [-0.3, -0.25) is 10.1 Å². The zero-order valence-corrected chi connectivity index (χ0v) is 18.2. The molecule has 0 atom stereocenters. The number of carbonyl (C=O) groups excluding carboxylic acids is 2. The highest BCUT2D eigenvalue weighted by molar-refractivity contribution is 5.84. The lowest BCUT2D eigenvalue weighted by molar-refractivity contribution is -0.142. The summed E-state index contributed by atoms with van der Waals surface area (Å²) in [7, 11) is 0. The lowest BCUT2D eigenvalue weighted by Gasteiger charge is -2.09. The van der Waals surface area contributed by atoms with Gasteiger partial charge >= 0.3 is 12.1 Å². The summed E-state index contributed by atoms with van der Waals surface area (Å²) in [5.74, 6) is -1.29. The molecule has 0 unspecified atom stereocenters. The molecule has 1 amide bonds. The van der Waals surface area contributed by atoms with E-state index in [1.54, 1.807) is 36.4 Å². The van der Waals surface area contributed by atoms with E-state index in [1.165, 1.54) is 24.3 Å². The SMILES string of the molecule is O=C(Cc1ccc(NC(=O)OCCc2ccc(O)c(O)c2)cc1)OCCc1ccc(O)c(O)c1. The molecule has 9 heteroatoms. The summed E-state index contributed by atoms with van der Waals surface area (Å²) in [4.78, 5) is 24.0. The van der Waals surface area contributed by atoms with Gasteiger partial charge in [-0.1, -0.05) is 24.3 Å². The molecule has 0 spiro atoms. The van der Waals surface area contributed by atoms with Gasteiger partial charge < -0.3 is 29.9 Å². The van der Waals surface area contributed by atoms with E-state index in [0.717, 1.165) is 5.56 Å². The van der Waals surface area contributed by atoms with Gasteiger partial charge in [-0.05, 0) is 53.1 Å². The summed E-state index contributed by atoms with van der Waals surface area (Å²) in [5, 5.41) is 40.1. The van der Waals surface area contributed by atoms with Gasteiger partial charge in [-0.2, -0.15) is 0 Å². The average molecular weight is 467 g/mol. The maximum absolute atomic E-state index is 12.0. The molecule has 0 aliphatic rings. The van der Waals surface area contributed by atoms with Gasteiger partial charge in [-0.15, -0.1) is 0 Å². The minimum Gasteiger partial charge on any atom is -0.504 e. The van der Waals surface area contributed by atoms with Crippen LogP contribution in [0.25, 0.3) is 0 Å². The number of nitrogens with one attached hydrogen (secondary N) is 1. The van der Waals surface area contributed by atoms with E-state index in [4.69, 9.17) is 9.47 Å². The Morgan fingerprint density at radius 3 is 1.68 bits per heavy atom. The molecule has 3 aromatic rings. The third-order valence-corrected chi connectivity index (χ3v) is 4.91. The van der Waals surface area contributed by atoms with E-state index in [0.29, 0.717) is 29.7 Å². The number of hydrogen-bond acceptors (Lipinski definition) is 8. The molecular formula is C25H25NO8. The number of amides is 1. The van der Waals surface area contributed by atoms with E-state index in [2.05, 4.69) is 5.32 Å². The minimum atomic E-state index is -0.643. The van der Waals surface area contributed by atoms with Crippen molar-refractivity contribution in [1.82, 2.24) is 0 Å². The maximum Gasteiger partial charge on any atom is 0.411 e. The molecule has 0 aromatic heterocycles. The second kappa shape index (κ2) is 11.5. The molecule has 34 heavy (non-hydrogen) atoms. The molecule has 178 valence electrons. The number of aromatic hydroxyl groups is 4. The predicted molar refractivity (Wildman–Crippen MR) is 123 cm³/mol. The van der Waals surface area contributed by atoms with Gasteiger partial charge in [0.15, 0.2) is 23.0 Å². The summed E-state index contributed by atoms with van der Waals surface area (Å²) >= 11 is 0. The molecule has 0 saturated carbocycles. The smallest absolute Gasteiger partial charge is 0.411 e. The monoisotopic (exact) mass is 467 g/mol. The molecule has 3 aromatic carbocycles. The number of hydrogen-bond donors (Lipinski definition) is 5. The molecule has 0 saturated heterocycles. The summed E-state index contributed by atoms with van der Waals surface area (Å²) < 4.78 is 10.3. The Hall–Kier alpha value is -4.40. The van der Waals surface area contributed by atoms with Gasteiger partial charge in [0.05, 0.1) is 19.6 Å². The molecule has 0 aliphatic carbocycles. The van der Waals surface area contributed by atoms with Crippen LogP contribution < -0.4 is 5.32 Å². The molecule has 0 bridgehead atoms. The fraction of sp³-hybridized carbons (Fsp3) is 0.200. The highest BCUT2D eigenvalue weighted by atomic mass is 16.5. The Balaban J connectivity index is 1.37. The molecule has 0 aliphatic heterocycles. The van der Waals surface area contributed by atoms with Crippen LogP contribution in [0.15, 0.2) is 60.7 Å². The molecule has 5 N–H and O–H groups in total. The van der Waals surface area contributed by atoms with Crippen molar-refractivity contribution in [2.24, 2.45) is 0 Å². The molecular weight excluding hydrogens is 442 g/mol. The van der Waals surface area contributed by atoms with Crippen LogP contribution in [0.2, 0.25) is 0 Å². The predicted octanol–water partition coefficient (Wildman–Crippen LogP) is 3.63. The Morgan fingerprint density at radius 1 is 0.647 bits per heavy atom. The Morgan fingerprint density at radius 2 is 1.15 bits per heavy atom. The van der Waals surface area contributed by atoms with Crippen LogP contribution in [0.1, 0.15) is 16.7 Å². The van der Waals surface area contributed by atoms with Gasteiger partial charge in [0.2, 0.25) is 0 Å². The molecule has 0 fully saturated rings. The summed E-state index contributed by atoms with van der Waals surface area (Å²) in [6.45, 7) is 0.224. The fourth-order valence-electron chi connectivity index (χ4n) is 3.07. The number of phenols is 4. The van der Waals surface area contributed by atoms with Crippen molar-refractivity contribution in [1.29, 1.82) is 0 Å². The van der Waals surface area contributed by atoms with E-state index in [9.17, 15) is 30.0 Å². The van der Waals surface area contributed by atoms with E-state index < -0.39 is 12.1 Å².